The van der Waals surface area contributed by atoms with E-state index < -0.39 is 0 Å². The molecule has 4 aromatic rings. The van der Waals surface area contributed by atoms with Crippen molar-refractivity contribution in [3.05, 3.63) is 93.5 Å². The van der Waals surface area contributed by atoms with Crippen molar-refractivity contribution in [3.8, 4) is 5.75 Å². The Bertz CT molecular complexity index is 1370. The molecule has 0 aliphatic carbocycles. The SMILES string of the molecule is COc1ccc2c(c1)n(CC(=O)c1ccc(Cl)cc1)c(=N)n2CC(=O)c1ccc(Cl)cc1. The van der Waals surface area contributed by atoms with Gasteiger partial charge in [0.25, 0.3) is 0 Å². The highest BCUT2D eigenvalue weighted by Gasteiger charge is 2.18. The van der Waals surface area contributed by atoms with Crippen LogP contribution in [0.25, 0.3) is 11.0 Å². The van der Waals surface area contributed by atoms with Crippen LogP contribution in [0.5, 0.6) is 5.75 Å². The largest absolute Gasteiger partial charge is 0.497 e. The van der Waals surface area contributed by atoms with Crippen molar-refractivity contribution in [2.75, 3.05) is 7.11 Å². The molecule has 0 fully saturated rings. The third-order valence-electron chi connectivity index (χ3n) is 5.21. The highest BCUT2D eigenvalue weighted by Crippen LogP contribution is 2.22. The minimum Gasteiger partial charge on any atom is -0.497 e. The first-order chi connectivity index (χ1) is 15.4. The van der Waals surface area contributed by atoms with Crippen LogP contribution in [0.1, 0.15) is 20.7 Å². The van der Waals surface area contributed by atoms with E-state index in [1.165, 1.54) is 0 Å². The van der Waals surface area contributed by atoms with Gasteiger partial charge in [-0.25, -0.2) is 0 Å². The second-order valence-electron chi connectivity index (χ2n) is 7.21. The number of ketones is 2. The fourth-order valence-corrected chi connectivity index (χ4v) is 3.76. The number of rotatable bonds is 7. The summed E-state index contributed by atoms with van der Waals surface area (Å²) in [6.07, 6.45) is 0. The molecule has 0 amide bonds. The van der Waals surface area contributed by atoms with Crippen molar-refractivity contribution < 1.29 is 14.3 Å². The lowest BCUT2D eigenvalue weighted by atomic mass is 10.1. The second-order valence-corrected chi connectivity index (χ2v) is 8.08. The molecule has 4 rings (SSSR count). The van der Waals surface area contributed by atoms with Crippen LogP contribution < -0.4 is 10.4 Å². The molecule has 0 aliphatic rings. The number of carbonyl (C=O) groups is 2. The summed E-state index contributed by atoms with van der Waals surface area (Å²) in [6, 6.07) is 18.5. The van der Waals surface area contributed by atoms with Crippen molar-refractivity contribution in [1.82, 2.24) is 9.13 Å². The number of hydrogen-bond acceptors (Lipinski definition) is 4. The number of hydrogen-bond donors (Lipinski definition) is 1. The molecule has 0 atom stereocenters. The number of imidazole rings is 1. The summed E-state index contributed by atoms with van der Waals surface area (Å²) in [5, 5.41) is 9.80. The van der Waals surface area contributed by atoms with Crippen molar-refractivity contribution >= 4 is 45.8 Å². The van der Waals surface area contributed by atoms with Gasteiger partial charge >= 0.3 is 0 Å². The number of nitrogens with one attached hydrogen (secondary N) is 1. The van der Waals surface area contributed by atoms with Gasteiger partial charge in [-0.1, -0.05) is 23.2 Å². The summed E-state index contributed by atoms with van der Waals surface area (Å²) in [4.78, 5) is 25.8. The minimum atomic E-state index is -0.175. The molecule has 32 heavy (non-hydrogen) atoms. The third kappa shape index (κ3) is 4.33. The van der Waals surface area contributed by atoms with E-state index in [4.69, 9.17) is 33.3 Å². The lowest BCUT2D eigenvalue weighted by Gasteiger charge is -2.06. The number of methoxy groups -OCH3 is 1. The summed E-state index contributed by atoms with van der Waals surface area (Å²) >= 11 is 11.8. The zero-order chi connectivity index (χ0) is 22.8. The van der Waals surface area contributed by atoms with E-state index in [9.17, 15) is 9.59 Å². The number of nitrogens with zero attached hydrogens (tertiary/aromatic N) is 2. The van der Waals surface area contributed by atoms with Crippen LogP contribution in [0.4, 0.5) is 0 Å². The van der Waals surface area contributed by atoms with Gasteiger partial charge in [-0.3, -0.25) is 15.0 Å². The third-order valence-corrected chi connectivity index (χ3v) is 5.72. The van der Waals surface area contributed by atoms with Gasteiger partial charge in [0, 0.05) is 27.2 Å². The van der Waals surface area contributed by atoms with Crippen LogP contribution in [0.2, 0.25) is 10.0 Å². The van der Waals surface area contributed by atoms with Crippen LogP contribution in [0.3, 0.4) is 0 Å². The zero-order valence-corrected chi connectivity index (χ0v) is 18.7. The summed E-state index contributed by atoms with van der Waals surface area (Å²) in [6.45, 7) is -0.113. The van der Waals surface area contributed by atoms with Crippen LogP contribution in [-0.4, -0.2) is 27.8 Å². The summed E-state index contributed by atoms with van der Waals surface area (Å²) < 4.78 is 8.49. The molecule has 8 heteroatoms. The smallest absolute Gasteiger partial charge is 0.203 e. The number of ether oxygens (including phenoxy) is 1. The molecule has 0 saturated carbocycles. The maximum atomic E-state index is 12.9. The monoisotopic (exact) mass is 467 g/mol. The summed E-state index contributed by atoms with van der Waals surface area (Å²) in [5.41, 5.74) is 2.30. The zero-order valence-electron chi connectivity index (χ0n) is 17.1. The minimum absolute atomic E-state index is 0.0397. The van der Waals surface area contributed by atoms with E-state index in [0.29, 0.717) is 38.0 Å². The standard InChI is InChI=1S/C24H19Cl2N3O3/c1-32-19-10-11-20-21(12-19)29(14-23(31)16-4-8-18(26)9-5-16)24(27)28(20)13-22(30)15-2-6-17(25)7-3-15/h2-12,27H,13-14H2,1H3. The highest BCUT2D eigenvalue weighted by molar-refractivity contribution is 6.31. The number of carbonyl (C=O) groups excluding carboxylic acids is 2. The molecule has 0 radical (unpaired) electrons. The van der Waals surface area contributed by atoms with Gasteiger partial charge in [-0.15, -0.1) is 0 Å². The molecule has 0 spiro atoms. The van der Waals surface area contributed by atoms with E-state index in [2.05, 4.69) is 0 Å². The van der Waals surface area contributed by atoms with E-state index in [-0.39, 0.29) is 30.3 Å². The summed E-state index contributed by atoms with van der Waals surface area (Å²) in [5.74, 6) is 0.247. The predicted octanol–water partition coefficient (Wildman–Crippen LogP) is 5.00. The normalized spacial score (nSPS) is 11.0. The number of benzene rings is 3. The first-order valence-electron chi connectivity index (χ1n) is 9.76. The van der Waals surface area contributed by atoms with Crippen molar-refractivity contribution in [3.63, 3.8) is 0 Å². The van der Waals surface area contributed by atoms with Crippen LogP contribution in [0, 0.1) is 5.41 Å². The molecule has 0 bridgehead atoms. The first-order valence-corrected chi connectivity index (χ1v) is 10.5. The molecule has 1 N–H and O–H groups in total. The Kier molecular flexibility index (Phi) is 6.17. The average molecular weight is 468 g/mol. The van der Waals surface area contributed by atoms with Crippen molar-refractivity contribution in [2.24, 2.45) is 0 Å². The van der Waals surface area contributed by atoms with E-state index in [1.807, 2.05) is 0 Å². The van der Waals surface area contributed by atoms with Crippen LogP contribution in [-0.2, 0) is 13.1 Å². The molecule has 1 heterocycles. The second kappa shape index (κ2) is 9.02. The molecule has 0 aliphatic heterocycles. The molecule has 162 valence electrons. The fourth-order valence-electron chi connectivity index (χ4n) is 3.51. The van der Waals surface area contributed by atoms with Crippen LogP contribution in [0.15, 0.2) is 66.7 Å². The first kappa shape index (κ1) is 21.9. The Morgan fingerprint density at radius 3 is 1.72 bits per heavy atom. The lowest BCUT2D eigenvalue weighted by Crippen LogP contribution is -2.29. The van der Waals surface area contributed by atoms with Gasteiger partial charge in [0.05, 0.1) is 31.2 Å². The van der Waals surface area contributed by atoms with Gasteiger partial charge in [-0.2, -0.15) is 0 Å². The van der Waals surface area contributed by atoms with E-state index in [0.717, 1.165) is 0 Å². The van der Waals surface area contributed by atoms with Gasteiger partial charge in [-0.05, 0) is 60.7 Å². The molecule has 6 nitrogen and oxygen atoms in total. The quantitative estimate of drug-likeness (QED) is 0.388. The van der Waals surface area contributed by atoms with Gasteiger partial charge in [0.2, 0.25) is 5.62 Å². The number of Topliss-reactive ketones (excluding diaryl/α,β-unsaturated/α-hetero) is 2. The predicted molar refractivity (Wildman–Crippen MR) is 124 cm³/mol. The Morgan fingerprint density at radius 2 is 1.25 bits per heavy atom. The molecule has 1 aromatic heterocycles. The van der Waals surface area contributed by atoms with E-state index >= 15 is 0 Å². The van der Waals surface area contributed by atoms with Crippen molar-refractivity contribution in [1.29, 1.82) is 5.41 Å². The number of aromatic nitrogens is 2. The molecule has 3 aromatic carbocycles. The Balaban J connectivity index is 1.75. The van der Waals surface area contributed by atoms with E-state index in [1.54, 1.807) is 83.0 Å². The van der Waals surface area contributed by atoms with Crippen molar-refractivity contribution in [2.45, 2.75) is 13.1 Å². The number of fused-ring (bicyclic) bond motifs is 1. The average Bonchev–Trinajstić information content (AvgIpc) is 3.05. The number of halogens is 2. The molecular formula is C24H19Cl2N3O3. The maximum Gasteiger partial charge on any atom is 0.203 e. The van der Waals surface area contributed by atoms with Gasteiger partial charge < -0.3 is 13.9 Å². The Labute approximate surface area is 194 Å². The van der Waals surface area contributed by atoms with Gasteiger partial charge in [0.15, 0.2) is 11.6 Å². The lowest BCUT2D eigenvalue weighted by molar-refractivity contribution is 0.0970. The topological polar surface area (TPSA) is 77.1 Å². The molecule has 0 saturated heterocycles. The van der Waals surface area contributed by atoms with Crippen LogP contribution >= 0.6 is 23.2 Å². The Hall–Kier alpha value is -3.35. The molecule has 0 unspecified atom stereocenters. The molecular weight excluding hydrogens is 449 g/mol. The van der Waals surface area contributed by atoms with Gasteiger partial charge in [0.1, 0.15) is 5.75 Å². The Morgan fingerprint density at radius 1 is 0.781 bits per heavy atom. The summed E-state index contributed by atoms with van der Waals surface area (Å²) in [7, 11) is 1.55. The maximum absolute atomic E-state index is 12.9. The highest BCUT2D eigenvalue weighted by atomic mass is 35.5. The fraction of sp³-hybridized carbons (Fsp3) is 0.125.